The third-order valence-electron chi connectivity index (χ3n) is 5.02. The summed E-state index contributed by atoms with van der Waals surface area (Å²) in [6.45, 7) is 13.6. The fourth-order valence-electron chi connectivity index (χ4n) is 3.69. The van der Waals surface area contributed by atoms with Crippen molar-refractivity contribution in [3.05, 3.63) is 47.7 Å². The Morgan fingerprint density at radius 1 is 1.35 bits per heavy atom. The zero-order chi connectivity index (χ0) is 22.6. The van der Waals surface area contributed by atoms with E-state index in [4.69, 9.17) is 14.0 Å². The zero-order valence-corrected chi connectivity index (χ0v) is 19.2. The fourth-order valence-corrected chi connectivity index (χ4v) is 3.69. The number of nitrogens with zero attached hydrogens (tertiary/aromatic N) is 2. The zero-order valence-electron chi connectivity index (χ0n) is 19.2. The van der Waals surface area contributed by atoms with Crippen LogP contribution >= 0.6 is 0 Å². The molecule has 2 heterocycles. The Kier molecular flexibility index (Phi) is 7.05. The van der Waals surface area contributed by atoms with Gasteiger partial charge in [-0.2, -0.15) is 0 Å². The van der Waals surface area contributed by atoms with Crippen LogP contribution in [0.5, 0.6) is 5.75 Å². The fraction of sp³-hybridized carbons (Fsp3) is 0.500. The van der Waals surface area contributed by atoms with Crippen LogP contribution in [0.2, 0.25) is 0 Å². The number of methoxy groups -OCH3 is 1. The number of carbonyl (C=O) groups is 1. The van der Waals surface area contributed by atoms with Gasteiger partial charge in [-0.1, -0.05) is 23.4 Å². The second-order valence-electron chi connectivity index (χ2n) is 9.08. The third-order valence-corrected chi connectivity index (χ3v) is 5.02. The van der Waals surface area contributed by atoms with Gasteiger partial charge in [-0.05, 0) is 51.8 Å². The molecule has 1 atom stereocenters. The summed E-state index contributed by atoms with van der Waals surface area (Å²) in [5, 5.41) is 7.62. The van der Waals surface area contributed by atoms with Crippen LogP contribution < -0.4 is 10.1 Å². The summed E-state index contributed by atoms with van der Waals surface area (Å²) in [5.74, 6) is 1.45. The van der Waals surface area contributed by atoms with Crippen LogP contribution in [-0.4, -0.2) is 54.5 Å². The maximum absolute atomic E-state index is 12.7. The summed E-state index contributed by atoms with van der Waals surface area (Å²) in [6, 6.07) is 7.89. The molecule has 0 saturated carbocycles. The highest BCUT2D eigenvalue weighted by atomic mass is 16.6. The van der Waals surface area contributed by atoms with Crippen molar-refractivity contribution in [2.75, 3.05) is 26.7 Å². The first-order chi connectivity index (χ1) is 14.7. The normalized spacial score (nSPS) is 16.8. The van der Waals surface area contributed by atoms with Crippen molar-refractivity contribution in [1.82, 2.24) is 15.4 Å². The second kappa shape index (κ2) is 9.56. The lowest BCUT2D eigenvalue weighted by Gasteiger charge is -2.36. The van der Waals surface area contributed by atoms with Gasteiger partial charge in [-0.15, -0.1) is 0 Å². The summed E-state index contributed by atoms with van der Waals surface area (Å²) in [7, 11) is 1.64. The highest BCUT2D eigenvalue weighted by Gasteiger charge is 2.31. The molecule has 31 heavy (non-hydrogen) atoms. The molecular weight excluding hydrogens is 394 g/mol. The Bertz CT molecular complexity index is 929. The molecule has 2 aromatic rings. The molecule has 1 aliphatic heterocycles. The molecule has 1 unspecified atom stereocenters. The average Bonchev–Trinajstić information content (AvgIpc) is 3.15. The molecular formula is C24H33N3O4. The SMILES string of the molecule is C=C(C)Cc1ccc(OC)c(-c2cc(CC3CNCCN3C(=O)OC(C)(C)C)on2)c1. The van der Waals surface area contributed by atoms with E-state index in [1.807, 2.05) is 45.9 Å². The molecule has 1 saturated heterocycles. The predicted octanol–water partition coefficient (Wildman–Crippen LogP) is 4.22. The van der Waals surface area contributed by atoms with E-state index >= 15 is 0 Å². The van der Waals surface area contributed by atoms with Gasteiger partial charge in [0.05, 0.1) is 13.2 Å². The van der Waals surface area contributed by atoms with Crippen molar-refractivity contribution in [1.29, 1.82) is 0 Å². The molecule has 0 bridgehead atoms. The minimum atomic E-state index is -0.530. The number of allylic oxidation sites excluding steroid dienone is 1. The van der Waals surface area contributed by atoms with Crippen LogP contribution in [0.15, 0.2) is 40.9 Å². The number of hydrogen-bond acceptors (Lipinski definition) is 6. The number of hydrogen-bond donors (Lipinski definition) is 1. The van der Waals surface area contributed by atoms with Crippen LogP contribution in [0.4, 0.5) is 4.79 Å². The van der Waals surface area contributed by atoms with E-state index in [-0.39, 0.29) is 12.1 Å². The number of amides is 1. The maximum atomic E-state index is 12.7. The second-order valence-corrected chi connectivity index (χ2v) is 9.08. The Morgan fingerprint density at radius 3 is 2.81 bits per heavy atom. The summed E-state index contributed by atoms with van der Waals surface area (Å²) in [4.78, 5) is 14.4. The van der Waals surface area contributed by atoms with E-state index < -0.39 is 5.60 Å². The van der Waals surface area contributed by atoms with Gasteiger partial charge in [0.2, 0.25) is 0 Å². The number of ether oxygens (including phenoxy) is 2. The van der Waals surface area contributed by atoms with E-state index in [0.717, 1.165) is 35.4 Å². The van der Waals surface area contributed by atoms with E-state index in [2.05, 4.69) is 23.1 Å². The van der Waals surface area contributed by atoms with Crippen LogP contribution in [0.25, 0.3) is 11.3 Å². The molecule has 1 amide bonds. The molecule has 0 aliphatic carbocycles. The van der Waals surface area contributed by atoms with Gasteiger partial charge in [-0.25, -0.2) is 4.79 Å². The van der Waals surface area contributed by atoms with Gasteiger partial charge >= 0.3 is 6.09 Å². The Hall–Kier alpha value is -2.80. The topological polar surface area (TPSA) is 76.8 Å². The first-order valence-corrected chi connectivity index (χ1v) is 10.6. The minimum Gasteiger partial charge on any atom is -0.496 e. The smallest absolute Gasteiger partial charge is 0.410 e. The van der Waals surface area contributed by atoms with Gasteiger partial charge in [0, 0.05) is 37.7 Å². The van der Waals surface area contributed by atoms with Crippen molar-refractivity contribution in [2.45, 2.75) is 52.2 Å². The molecule has 168 valence electrons. The Morgan fingerprint density at radius 2 is 2.13 bits per heavy atom. The standard InChI is InChI=1S/C24H33N3O4/c1-16(2)11-17-7-8-22(29-6)20(12-17)21-14-19(31-26-21)13-18-15-25-9-10-27(18)23(28)30-24(3,4)5/h7-8,12,14,18,25H,1,9-11,13,15H2,2-6H3. The van der Waals surface area contributed by atoms with Gasteiger partial charge in [-0.3, -0.25) is 0 Å². The molecule has 1 N–H and O–H groups in total. The van der Waals surface area contributed by atoms with Crippen LogP contribution in [0.3, 0.4) is 0 Å². The molecule has 7 nitrogen and oxygen atoms in total. The molecule has 1 fully saturated rings. The van der Waals surface area contributed by atoms with Gasteiger partial charge < -0.3 is 24.2 Å². The molecule has 1 aromatic heterocycles. The summed E-state index contributed by atoms with van der Waals surface area (Å²) in [6.07, 6.45) is 1.04. The van der Waals surface area contributed by atoms with E-state index in [1.54, 1.807) is 12.0 Å². The predicted molar refractivity (Wildman–Crippen MR) is 120 cm³/mol. The van der Waals surface area contributed by atoms with E-state index in [1.165, 1.54) is 0 Å². The number of carbonyl (C=O) groups excluding carboxylic acids is 1. The van der Waals surface area contributed by atoms with Crippen LogP contribution in [-0.2, 0) is 17.6 Å². The van der Waals surface area contributed by atoms with E-state index in [9.17, 15) is 4.79 Å². The molecule has 1 aliphatic rings. The lowest BCUT2D eigenvalue weighted by molar-refractivity contribution is 0.0116. The lowest BCUT2D eigenvalue weighted by atomic mass is 10.0. The first kappa shape index (κ1) is 22.9. The van der Waals surface area contributed by atoms with Gasteiger partial charge in [0.25, 0.3) is 0 Å². The van der Waals surface area contributed by atoms with Crippen molar-refractivity contribution in [3.8, 4) is 17.0 Å². The maximum Gasteiger partial charge on any atom is 0.410 e. The van der Waals surface area contributed by atoms with Crippen molar-refractivity contribution in [2.24, 2.45) is 0 Å². The quantitative estimate of drug-likeness (QED) is 0.696. The summed E-state index contributed by atoms with van der Waals surface area (Å²) >= 11 is 0. The summed E-state index contributed by atoms with van der Waals surface area (Å²) < 4.78 is 16.8. The number of aromatic nitrogens is 1. The highest BCUT2D eigenvalue weighted by Crippen LogP contribution is 2.31. The van der Waals surface area contributed by atoms with E-state index in [0.29, 0.717) is 31.0 Å². The molecule has 1 aromatic carbocycles. The van der Waals surface area contributed by atoms with Crippen molar-refractivity contribution in [3.63, 3.8) is 0 Å². The molecule has 0 radical (unpaired) electrons. The third kappa shape index (κ3) is 6.10. The molecule has 3 rings (SSSR count). The number of nitrogens with one attached hydrogen (secondary N) is 1. The first-order valence-electron chi connectivity index (χ1n) is 10.6. The highest BCUT2D eigenvalue weighted by molar-refractivity contribution is 5.69. The van der Waals surface area contributed by atoms with Gasteiger partial charge in [0.15, 0.2) is 0 Å². The Labute approximate surface area is 184 Å². The summed E-state index contributed by atoms with van der Waals surface area (Å²) in [5.41, 5.74) is 3.28. The number of benzene rings is 1. The minimum absolute atomic E-state index is 0.0685. The lowest BCUT2D eigenvalue weighted by Crippen LogP contribution is -2.55. The number of rotatable bonds is 6. The average molecular weight is 428 g/mol. The van der Waals surface area contributed by atoms with Crippen LogP contribution in [0.1, 0.15) is 39.0 Å². The monoisotopic (exact) mass is 427 g/mol. The molecule has 7 heteroatoms. The molecule has 0 spiro atoms. The Balaban J connectivity index is 1.79. The number of piperazine rings is 1. The van der Waals surface area contributed by atoms with Crippen molar-refractivity contribution < 1.29 is 18.8 Å². The largest absolute Gasteiger partial charge is 0.496 e. The van der Waals surface area contributed by atoms with Crippen LogP contribution in [0, 0.1) is 0 Å². The van der Waals surface area contributed by atoms with Gasteiger partial charge in [0.1, 0.15) is 22.8 Å². The van der Waals surface area contributed by atoms with Crippen molar-refractivity contribution >= 4 is 6.09 Å².